The maximum Gasteiger partial charge on any atom is 0.359 e. The molecule has 0 unspecified atom stereocenters. The number of hydrogen-bond acceptors (Lipinski definition) is 6. The Morgan fingerprint density at radius 3 is 2.30 bits per heavy atom. The second-order valence-corrected chi connectivity index (χ2v) is 5.55. The van der Waals surface area contributed by atoms with Gasteiger partial charge in [0.2, 0.25) is 0 Å². The van der Waals surface area contributed by atoms with Gasteiger partial charge in [-0.3, -0.25) is 0 Å². The maximum absolute atomic E-state index is 12.2. The summed E-state index contributed by atoms with van der Waals surface area (Å²) >= 11 is 1.36. The van der Waals surface area contributed by atoms with Crippen LogP contribution in [0.3, 0.4) is 0 Å². The van der Waals surface area contributed by atoms with Crippen molar-refractivity contribution in [3.63, 3.8) is 0 Å². The quantitative estimate of drug-likeness (QED) is 0.757. The fourth-order valence-corrected chi connectivity index (χ4v) is 2.81. The molecule has 1 aromatic heterocycles. The van der Waals surface area contributed by atoms with Crippen molar-refractivity contribution in [3.05, 3.63) is 41.7 Å². The molecule has 0 radical (unpaired) electrons. The van der Waals surface area contributed by atoms with Gasteiger partial charge < -0.3 is 14.0 Å². The molecule has 0 N–H and O–H groups in total. The first kappa shape index (κ1) is 17.1. The monoisotopic (exact) mass is 334 g/mol. The van der Waals surface area contributed by atoms with Gasteiger partial charge in [-0.2, -0.15) is 0 Å². The zero-order valence-electron chi connectivity index (χ0n) is 13.2. The van der Waals surface area contributed by atoms with Crippen LogP contribution in [0.15, 0.2) is 40.4 Å². The second-order valence-electron chi connectivity index (χ2n) is 4.51. The van der Waals surface area contributed by atoms with Crippen LogP contribution in [0.2, 0.25) is 0 Å². The summed E-state index contributed by atoms with van der Waals surface area (Å²) in [5, 5.41) is 0.516. The predicted molar refractivity (Wildman–Crippen MR) is 85.7 cm³/mol. The smallest absolute Gasteiger partial charge is 0.359 e. The first-order chi connectivity index (χ1) is 11.1. The third-order valence-electron chi connectivity index (χ3n) is 2.94. The number of ether oxygens (including phenoxy) is 2. The van der Waals surface area contributed by atoms with E-state index in [0.717, 1.165) is 4.90 Å². The molecule has 1 heterocycles. The Bertz CT molecular complexity index is 698. The van der Waals surface area contributed by atoms with Crippen LogP contribution in [-0.4, -0.2) is 34.7 Å². The first-order valence-electron chi connectivity index (χ1n) is 7.22. The lowest BCUT2D eigenvalue weighted by Gasteiger charge is -2.06. The average molecular weight is 334 g/mol. The number of hydrogen-bond donors (Lipinski definition) is 0. The van der Waals surface area contributed by atoms with Gasteiger partial charge in [0.1, 0.15) is 0 Å². The van der Waals surface area contributed by atoms with Crippen molar-refractivity contribution < 1.29 is 19.1 Å². The van der Waals surface area contributed by atoms with E-state index in [2.05, 4.69) is 4.98 Å². The largest absolute Gasteiger partial charge is 0.461 e. The first-order valence-corrected chi connectivity index (χ1v) is 8.04. The summed E-state index contributed by atoms with van der Waals surface area (Å²) in [6, 6.07) is 9.57. The highest BCUT2D eigenvalue weighted by molar-refractivity contribution is 7.99. The van der Waals surface area contributed by atoms with E-state index in [9.17, 15) is 9.59 Å². The van der Waals surface area contributed by atoms with E-state index < -0.39 is 11.9 Å². The zero-order valence-corrected chi connectivity index (χ0v) is 14.1. The summed E-state index contributed by atoms with van der Waals surface area (Å²) in [6.07, 6.45) is 0. The highest BCUT2D eigenvalue weighted by atomic mass is 32.2. The van der Waals surface area contributed by atoms with E-state index in [1.54, 1.807) is 25.5 Å². The minimum absolute atomic E-state index is 0.0220. The van der Waals surface area contributed by atoms with Gasteiger partial charge in [0, 0.05) is 11.9 Å². The number of esters is 2. The number of aromatic nitrogens is 2. The maximum atomic E-state index is 12.2. The Morgan fingerprint density at radius 2 is 1.70 bits per heavy atom. The van der Waals surface area contributed by atoms with E-state index in [0.29, 0.717) is 5.16 Å². The fourth-order valence-electron chi connectivity index (χ4n) is 1.94. The van der Waals surface area contributed by atoms with E-state index in [1.807, 2.05) is 30.3 Å². The van der Waals surface area contributed by atoms with Crippen molar-refractivity contribution in [1.29, 1.82) is 0 Å². The molecular formula is C16H18N2O4S. The summed E-state index contributed by atoms with van der Waals surface area (Å²) < 4.78 is 11.6. The third kappa shape index (κ3) is 3.92. The Kier molecular flexibility index (Phi) is 5.81. The summed E-state index contributed by atoms with van der Waals surface area (Å²) in [7, 11) is 1.67. The third-order valence-corrected chi connectivity index (χ3v) is 4.00. The highest BCUT2D eigenvalue weighted by Crippen LogP contribution is 2.28. The van der Waals surface area contributed by atoms with Gasteiger partial charge in [-0.15, -0.1) is 0 Å². The lowest BCUT2D eigenvalue weighted by molar-refractivity contribution is 0.0468. The van der Waals surface area contributed by atoms with Crippen LogP contribution in [0.5, 0.6) is 0 Å². The van der Waals surface area contributed by atoms with Crippen LogP contribution < -0.4 is 0 Å². The Labute approximate surface area is 138 Å². The molecule has 0 fully saturated rings. The molecule has 23 heavy (non-hydrogen) atoms. The van der Waals surface area contributed by atoms with Crippen LogP contribution in [0.4, 0.5) is 0 Å². The van der Waals surface area contributed by atoms with Crippen molar-refractivity contribution in [2.45, 2.75) is 23.9 Å². The van der Waals surface area contributed by atoms with E-state index in [-0.39, 0.29) is 24.6 Å². The van der Waals surface area contributed by atoms with Gasteiger partial charge >= 0.3 is 11.9 Å². The standard InChI is InChI=1S/C16H18N2O4S/c1-4-21-14(19)12-13(15(20)22-5-2)18(3)16(17-12)23-11-9-7-6-8-10-11/h6-10H,4-5H2,1-3H3. The lowest BCUT2D eigenvalue weighted by atomic mass is 10.3. The summed E-state index contributed by atoms with van der Waals surface area (Å²) in [5.74, 6) is -1.23. The molecule has 0 saturated carbocycles. The van der Waals surface area contributed by atoms with Gasteiger partial charge in [0.15, 0.2) is 16.5 Å². The normalized spacial score (nSPS) is 10.4. The van der Waals surface area contributed by atoms with Gasteiger partial charge in [-0.1, -0.05) is 30.0 Å². The van der Waals surface area contributed by atoms with E-state index >= 15 is 0 Å². The number of carbonyl (C=O) groups is 2. The number of imidazole rings is 1. The molecule has 0 aliphatic rings. The molecule has 2 aromatic rings. The van der Waals surface area contributed by atoms with Crippen molar-refractivity contribution >= 4 is 23.7 Å². The van der Waals surface area contributed by atoms with Crippen molar-refractivity contribution in [1.82, 2.24) is 9.55 Å². The topological polar surface area (TPSA) is 70.4 Å². The fraction of sp³-hybridized carbons (Fsp3) is 0.312. The molecule has 1 aromatic carbocycles. The molecule has 0 amide bonds. The molecule has 122 valence electrons. The molecule has 0 atom stereocenters. The van der Waals surface area contributed by atoms with E-state index in [4.69, 9.17) is 9.47 Å². The molecule has 0 saturated heterocycles. The molecule has 2 rings (SSSR count). The lowest BCUT2D eigenvalue weighted by Crippen LogP contribution is -2.16. The molecular weight excluding hydrogens is 316 g/mol. The summed E-state index contributed by atoms with van der Waals surface area (Å²) in [5.41, 5.74) is 0.0787. The number of carbonyl (C=O) groups excluding carboxylic acids is 2. The van der Waals surface area contributed by atoms with Crippen LogP contribution in [-0.2, 0) is 16.5 Å². The van der Waals surface area contributed by atoms with Crippen molar-refractivity contribution in [2.75, 3.05) is 13.2 Å². The molecule has 0 bridgehead atoms. The SMILES string of the molecule is CCOC(=O)c1nc(Sc2ccccc2)n(C)c1C(=O)OCC. The number of benzene rings is 1. The molecule has 7 heteroatoms. The Morgan fingerprint density at radius 1 is 1.09 bits per heavy atom. The molecule has 0 aliphatic carbocycles. The zero-order chi connectivity index (χ0) is 16.8. The minimum atomic E-state index is -0.633. The Balaban J connectivity index is 2.42. The molecule has 6 nitrogen and oxygen atoms in total. The minimum Gasteiger partial charge on any atom is -0.461 e. The molecule has 0 aliphatic heterocycles. The van der Waals surface area contributed by atoms with Crippen molar-refractivity contribution in [3.8, 4) is 0 Å². The van der Waals surface area contributed by atoms with Gasteiger partial charge in [-0.25, -0.2) is 14.6 Å². The van der Waals surface area contributed by atoms with Gasteiger partial charge in [0.05, 0.1) is 13.2 Å². The predicted octanol–water partition coefficient (Wildman–Crippen LogP) is 2.92. The second kappa shape index (κ2) is 7.82. The van der Waals surface area contributed by atoms with Crippen LogP contribution in [0.1, 0.15) is 34.8 Å². The molecule has 0 spiro atoms. The summed E-state index contributed by atoms with van der Waals surface area (Å²) in [4.78, 5) is 29.5. The van der Waals surface area contributed by atoms with Gasteiger partial charge in [0.25, 0.3) is 0 Å². The number of rotatable bonds is 6. The van der Waals surface area contributed by atoms with E-state index in [1.165, 1.54) is 11.8 Å². The average Bonchev–Trinajstić information content (AvgIpc) is 2.86. The highest BCUT2D eigenvalue weighted by Gasteiger charge is 2.28. The number of nitrogens with zero attached hydrogens (tertiary/aromatic N) is 2. The summed E-state index contributed by atoms with van der Waals surface area (Å²) in [6.45, 7) is 3.83. The van der Waals surface area contributed by atoms with Crippen LogP contribution in [0.25, 0.3) is 0 Å². The Hall–Kier alpha value is -2.28. The van der Waals surface area contributed by atoms with Crippen molar-refractivity contribution in [2.24, 2.45) is 7.05 Å². The van der Waals surface area contributed by atoms with Crippen LogP contribution in [0, 0.1) is 0 Å². The van der Waals surface area contributed by atoms with Crippen LogP contribution >= 0.6 is 11.8 Å². The van der Waals surface area contributed by atoms with Gasteiger partial charge in [-0.05, 0) is 26.0 Å².